The van der Waals surface area contributed by atoms with Gasteiger partial charge in [0.25, 0.3) is 0 Å². The van der Waals surface area contributed by atoms with E-state index in [1.165, 1.54) is 6.07 Å². The van der Waals surface area contributed by atoms with Crippen molar-refractivity contribution in [2.75, 3.05) is 0 Å². The fourth-order valence-corrected chi connectivity index (χ4v) is 2.03. The molecule has 0 aliphatic heterocycles. The summed E-state index contributed by atoms with van der Waals surface area (Å²) >= 11 is 0. The Morgan fingerprint density at radius 2 is 2.06 bits per heavy atom. The van der Waals surface area contributed by atoms with Gasteiger partial charge in [-0.2, -0.15) is 0 Å². The monoisotopic (exact) mass is 244 g/mol. The van der Waals surface area contributed by atoms with E-state index in [2.05, 4.69) is 4.98 Å². The van der Waals surface area contributed by atoms with Gasteiger partial charge in [-0.15, -0.1) is 0 Å². The molecule has 2 rings (SSSR count). The molecule has 1 unspecified atom stereocenters. The molecule has 0 bridgehead atoms. The van der Waals surface area contributed by atoms with E-state index < -0.39 is 0 Å². The minimum absolute atomic E-state index is 0.00376. The van der Waals surface area contributed by atoms with Gasteiger partial charge in [0.1, 0.15) is 5.82 Å². The maximum Gasteiger partial charge on any atom is 0.123 e. The SMILES string of the molecule is Cc1cc(F)ccc1CC(N)Cc1ccccn1. The minimum Gasteiger partial charge on any atom is -0.327 e. The lowest BCUT2D eigenvalue weighted by Crippen LogP contribution is -2.26. The normalized spacial score (nSPS) is 12.4. The molecule has 2 nitrogen and oxygen atoms in total. The van der Waals surface area contributed by atoms with E-state index in [1.807, 2.05) is 31.2 Å². The number of pyridine rings is 1. The van der Waals surface area contributed by atoms with Gasteiger partial charge in [-0.25, -0.2) is 4.39 Å². The van der Waals surface area contributed by atoms with Gasteiger partial charge in [-0.05, 0) is 48.7 Å². The number of aryl methyl sites for hydroxylation is 1. The number of nitrogens with zero attached hydrogens (tertiary/aromatic N) is 1. The zero-order valence-electron chi connectivity index (χ0n) is 10.4. The highest BCUT2D eigenvalue weighted by Crippen LogP contribution is 2.13. The molecule has 1 aromatic carbocycles. The van der Waals surface area contributed by atoms with Crippen molar-refractivity contribution >= 4 is 0 Å². The highest BCUT2D eigenvalue weighted by atomic mass is 19.1. The molecular formula is C15H17FN2. The highest BCUT2D eigenvalue weighted by molar-refractivity contribution is 5.27. The third-order valence-corrected chi connectivity index (χ3v) is 2.98. The first-order valence-corrected chi connectivity index (χ1v) is 6.05. The maximum absolute atomic E-state index is 13.0. The second kappa shape index (κ2) is 5.74. The summed E-state index contributed by atoms with van der Waals surface area (Å²) < 4.78 is 13.0. The van der Waals surface area contributed by atoms with Crippen LogP contribution in [0.2, 0.25) is 0 Å². The molecule has 1 aromatic heterocycles. The van der Waals surface area contributed by atoms with Crippen LogP contribution < -0.4 is 5.73 Å². The molecule has 0 amide bonds. The van der Waals surface area contributed by atoms with E-state index in [0.717, 1.165) is 29.7 Å². The summed E-state index contributed by atoms with van der Waals surface area (Å²) in [4.78, 5) is 4.26. The van der Waals surface area contributed by atoms with Crippen LogP contribution in [-0.4, -0.2) is 11.0 Å². The number of hydrogen-bond acceptors (Lipinski definition) is 2. The minimum atomic E-state index is -0.199. The smallest absolute Gasteiger partial charge is 0.123 e. The van der Waals surface area contributed by atoms with Crippen LogP contribution in [0.15, 0.2) is 42.6 Å². The van der Waals surface area contributed by atoms with Crippen molar-refractivity contribution in [2.45, 2.75) is 25.8 Å². The molecule has 1 heterocycles. The Hall–Kier alpha value is -1.74. The summed E-state index contributed by atoms with van der Waals surface area (Å²) in [6.45, 7) is 1.91. The number of benzene rings is 1. The number of rotatable bonds is 4. The van der Waals surface area contributed by atoms with E-state index in [9.17, 15) is 4.39 Å². The van der Waals surface area contributed by atoms with Crippen molar-refractivity contribution in [1.82, 2.24) is 4.98 Å². The van der Waals surface area contributed by atoms with Gasteiger partial charge < -0.3 is 5.73 Å². The molecule has 1 atom stereocenters. The van der Waals surface area contributed by atoms with Crippen LogP contribution in [0.1, 0.15) is 16.8 Å². The standard InChI is InChI=1S/C15H17FN2/c1-11-8-13(16)6-5-12(11)9-14(17)10-15-4-2-3-7-18-15/h2-8,14H,9-10,17H2,1H3. The predicted octanol–water partition coefficient (Wildman–Crippen LogP) is 2.64. The van der Waals surface area contributed by atoms with Gasteiger partial charge in [0.15, 0.2) is 0 Å². The lowest BCUT2D eigenvalue weighted by molar-refractivity contribution is 0.620. The third-order valence-electron chi connectivity index (χ3n) is 2.98. The van der Waals surface area contributed by atoms with Gasteiger partial charge in [-0.1, -0.05) is 12.1 Å². The van der Waals surface area contributed by atoms with E-state index >= 15 is 0 Å². The molecule has 0 aliphatic rings. The molecule has 2 aromatic rings. The summed E-state index contributed by atoms with van der Waals surface area (Å²) in [7, 11) is 0. The quantitative estimate of drug-likeness (QED) is 0.898. The topological polar surface area (TPSA) is 38.9 Å². The Balaban J connectivity index is 2.01. The number of hydrogen-bond donors (Lipinski definition) is 1. The first kappa shape index (κ1) is 12.7. The molecule has 0 aliphatic carbocycles. The highest BCUT2D eigenvalue weighted by Gasteiger charge is 2.08. The zero-order valence-corrected chi connectivity index (χ0v) is 10.4. The lowest BCUT2D eigenvalue weighted by Gasteiger charge is -2.13. The van der Waals surface area contributed by atoms with Crippen LogP contribution in [0.5, 0.6) is 0 Å². The van der Waals surface area contributed by atoms with Gasteiger partial charge in [0.2, 0.25) is 0 Å². The lowest BCUT2D eigenvalue weighted by atomic mass is 9.98. The fraction of sp³-hybridized carbons (Fsp3) is 0.267. The molecule has 2 N–H and O–H groups in total. The Kier molecular flexibility index (Phi) is 4.05. The van der Waals surface area contributed by atoms with Crippen molar-refractivity contribution in [3.63, 3.8) is 0 Å². The molecule has 0 spiro atoms. The number of nitrogens with two attached hydrogens (primary N) is 1. The van der Waals surface area contributed by atoms with E-state index in [4.69, 9.17) is 5.73 Å². The molecule has 0 saturated heterocycles. The number of aromatic nitrogens is 1. The Bertz CT molecular complexity index is 511. The van der Waals surface area contributed by atoms with E-state index in [-0.39, 0.29) is 11.9 Å². The molecule has 3 heteroatoms. The van der Waals surface area contributed by atoms with Crippen LogP contribution >= 0.6 is 0 Å². The van der Waals surface area contributed by atoms with Crippen LogP contribution in [-0.2, 0) is 12.8 Å². The van der Waals surface area contributed by atoms with Crippen LogP contribution in [0.25, 0.3) is 0 Å². The Morgan fingerprint density at radius 1 is 1.22 bits per heavy atom. The second-order valence-electron chi connectivity index (χ2n) is 4.56. The molecule has 94 valence electrons. The van der Waals surface area contributed by atoms with Crippen LogP contribution in [0.4, 0.5) is 4.39 Å². The van der Waals surface area contributed by atoms with Crippen LogP contribution in [0.3, 0.4) is 0 Å². The van der Waals surface area contributed by atoms with Crippen molar-refractivity contribution < 1.29 is 4.39 Å². The zero-order chi connectivity index (χ0) is 13.0. The summed E-state index contributed by atoms with van der Waals surface area (Å²) in [6, 6.07) is 10.7. The summed E-state index contributed by atoms with van der Waals surface area (Å²) in [5.41, 5.74) is 9.15. The van der Waals surface area contributed by atoms with Crippen LogP contribution in [0, 0.1) is 12.7 Å². The summed E-state index contributed by atoms with van der Waals surface area (Å²) in [5.74, 6) is -0.199. The average molecular weight is 244 g/mol. The first-order chi connectivity index (χ1) is 8.65. The number of halogens is 1. The predicted molar refractivity (Wildman–Crippen MR) is 70.8 cm³/mol. The molecule has 18 heavy (non-hydrogen) atoms. The van der Waals surface area contributed by atoms with Crippen molar-refractivity contribution in [3.8, 4) is 0 Å². The third kappa shape index (κ3) is 3.37. The molecule has 0 saturated carbocycles. The maximum atomic E-state index is 13.0. The first-order valence-electron chi connectivity index (χ1n) is 6.05. The van der Waals surface area contributed by atoms with Gasteiger partial charge in [-0.3, -0.25) is 4.98 Å². The molecule has 0 fully saturated rings. The fourth-order valence-electron chi connectivity index (χ4n) is 2.03. The van der Waals surface area contributed by atoms with E-state index in [0.29, 0.717) is 0 Å². The van der Waals surface area contributed by atoms with Gasteiger partial charge in [0.05, 0.1) is 0 Å². The molecular weight excluding hydrogens is 227 g/mol. The Morgan fingerprint density at radius 3 is 2.72 bits per heavy atom. The second-order valence-corrected chi connectivity index (χ2v) is 4.56. The average Bonchev–Trinajstić information content (AvgIpc) is 2.34. The van der Waals surface area contributed by atoms with E-state index in [1.54, 1.807) is 12.3 Å². The van der Waals surface area contributed by atoms with Crippen molar-refractivity contribution in [3.05, 3.63) is 65.2 Å². The van der Waals surface area contributed by atoms with Gasteiger partial charge in [0, 0.05) is 24.4 Å². The van der Waals surface area contributed by atoms with Gasteiger partial charge >= 0.3 is 0 Å². The molecule has 0 radical (unpaired) electrons. The largest absolute Gasteiger partial charge is 0.327 e. The van der Waals surface area contributed by atoms with Crippen molar-refractivity contribution in [1.29, 1.82) is 0 Å². The summed E-state index contributed by atoms with van der Waals surface area (Å²) in [5, 5.41) is 0. The Labute approximate surface area is 107 Å². The summed E-state index contributed by atoms with van der Waals surface area (Å²) in [6.07, 6.45) is 3.24. The van der Waals surface area contributed by atoms with Crippen molar-refractivity contribution in [2.24, 2.45) is 5.73 Å².